The second kappa shape index (κ2) is 6.20. The molecule has 0 aliphatic carbocycles. The lowest BCUT2D eigenvalue weighted by atomic mass is 10.1. The van der Waals surface area contributed by atoms with Crippen molar-refractivity contribution in [3.63, 3.8) is 0 Å². The highest BCUT2D eigenvalue weighted by Gasteiger charge is 2.28. The Morgan fingerprint density at radius 1 is 1.33 bits per heavy atom. The van der Waals surface area contributed by atoms with Gasteiger partial charge >= 0.3 is 6.18 Å². The predicted molar refractivity (Wildman–Crippen MR) is 60.4 cm³/mol. The van der Waals surface area contributed by atoms with Crippen molar-refractivity contribution >= 4 is 12.0 Å². The Hall–Kier alpha value is -1.82. The summed E-state index contributed by atoms with van der Waals surface area (Å²) in [5.74, 6) is -0.750. The molecular weight excluding hydrogens is 247 g/mol. The number of alkyl halides is 3. The fraction of sp³-hybridized carbons (Fsp3) is 0.250. The number of rotatable bonds is 4. The standard InChI is InChI=1S/C12H12F3NO2/c1-9-2-4-10(5-3-9)6-7-11(17)16-18-8-12(13,14)15/h2-7H,8H2,1H3,(H,16,17)/b7-6+. The number of nitrogens with one attached hydrogen (secondary N) is 1. The first-order chi connectivity index (χ1) is 8.37. The van der Waals surface area contributed by atoms with E-state index in [1.54, 1.807) is 17.6 Å². The molecule has 3 nitrogen and oxygen atoms in total. The summed E-state index contributed by atoms with van der Waals surface area (Å²) in [6.07, 6.45) is -1.89. The van der Waals surface area contributed by atoms with E-state index in [4.69, 9.17) is 0 Å². The van der Waals surface area contributed by atoms with Gasteiger partial charge in [0.1, 0.15) is 0 Å². The molecule has 0 bridgehead atoms. The van der Waals surface area contributed by atoms with Crippen LogP contribution >= 0.6 is 0 Å². The molecule has 0 atom stereocenters. The van der Waals surface area contributed by atoms with Crippen LogP contribution in [-0.2, 0) is 9.63 Å². The average molecular weight is 259 g/mol. The van der Waals surface area contributed by atoms with Gasteiger partial charge < -0.3 is 0 Å². The largest absolute Gasteiger partial charge is 0.414 e. The molecule has 0 heterocycles. The molecule has 0 radical (unpaired) electrons. The van der Waals surface area contributed by atoms with Crippen molar-refractivity contribution in [2.45, 2.75) is 13.1 Å². The van der Waals surface area contributed by atoms with Crippen molar-refractivity contribution in [2.24, 2.45) is 0 Å². The van der Waals surface area contributed by atoms with Crippen LogP contribution in [0.1, 0.15) is 11.1 Å². The van der Waals surface area contributed by atoms with Gasteiger partial charge in [0, 0.05) is 6.08 Å². The Balaban J connectivity index is 2.38. The third-order valence-corrected chi connectivity index (χ3v) is 1.91. The fourth-order valence-electron chi connectivity index (χ4n) is 1.07. The maximum atomic E-state index is 11.7. The maximum absolute atomic E-state index is 11.7. The maximum Gasteiger partial charge on any atom is 0.414 e. The smallest absolute Gasteiger partial charge is 0.268 e. The number of carbonyl (C=O) groups is 1. The van der Waals surface area contributed by atoms with Crippen LogP contribution in [0.3, 0.4) is 0 Å². The van der Waals surface area contributed by atoms with Gasteiger partial charge in [0.2, 0.25) is 0 Å². The Morgan fingerprint density at radius 2 is 1.94 bits per heavy atom. The van der Waals surface area contributed by atoms with Crippen LogP contribution in [0.25, 0.3) is 6.08 Å². The Morgan fingerprint density at radius 3 is 2.50 bits per heavy atom. The monoisotopic (exact) mass is 259 g/mol. The molecule has 1 aromatic rings. The number of hydroxylamine groups is 1. The van der Waals surface area contributed by atoms with Crippen LogP contribution in [0, 0.1) is 6.92 Å². The van der Waals surface area contributed by atoms with Crippen molar-refractivity contribution in [3.05, 3.63) is 41.5 Å². The van der Waals surface area contributed by atoms with Crippen LogP contribution in [0.5, 0.6) is 0 Å². The first-order valence-electron chi connectivity index (χ1n) is 5.10. The van der Waals surface area contributed by atoms with E-state index in [0.29, 0.717) is 0 Å². The normalized spacial score (nSPS) is 11.8. The molecule has 1 aromatic carbocycles. The lowest BCUT2D eigenvalue weighted by Gasteiger charge is -2.06. The second-order valence-corrected chi connectivity index (χ2v) is 3.61. The lowest BCUT2D eigenvalue weighted by molar-refractivity contribution is -0.190. The van der Waals surface area contributed by atoms with Crippen LogP contribution < -0.4 is 5.48 Å². The first-order valence-corrected chi connectivity index (χ1v) is 5.10. The van der Waals surface area contributed by atoms with E-state index in [1.165, 1.54) is 6.08 Å². The number of hydrogen-bond acceptors (Lipinski definition) is 2. The zero-order valence-corrected chi connectivity index (χ0v) is 9.62. The molecule has 0 unspecified atom stereocenters. The Labute approximate surface area is 102 Å². The number of carbonyl (C=O) groups excluding carboxylic acids is 1. The third-order valence-electron chi connectivity index (χ3n) is 1.91. The van der Waals surface area contributed by atoms with Gasteiger partial charge in [-0.05, 0) is 18.6 Å². The molecule has 1 rings (SSSR count). The van der Waals surface area contributed by atoms with Gasteiger partial charge in [0.15, 0.2) is 6.61 Å². The molecule has 1 N–H and O–H groups in total. The minimum absolute atomic E-state index is 0.750. The molecular formula is C12H12F3NO2. The van der Waals surface area contributed by atoms with Crippen LogP contribution in [0.2, 0.25) is 0 Å². The number of hydrogen-bond donors (Lipinski definition) is 1. The molecule has 18 heavy (non-hydrogen) atoms. The third kappa shape index (κ3) is 6.05. The van der Waals surface area contributed by atoms with Gasteiger partial charge in [0.05, 0.1) is 0 Å². The first kappa shape index (κ1) is 14.2. The lowest BCUT2D eigenvalue weighted by Crippen LogP contribution is -2.28. The summed E-state index contributed by atoms with van der Waals surface area (Å²) in [6, 6.07) is 7.29. The summed E-state index contributed by atoms with van der Waals surface area (Å²) >= 11 is 0. The van der Waals surface area contributed by atoms with E-state index < -0.39 is 18.7 Å². The van der Waals surface area contributed by atoms with E-state index in [2.05, 4.69) is 4.84 Å². The van der Waals surface area contributed by atoms with E-state index in [9.17, 15) is 18.0 Å². The Kier molecular flexibility index (Phi) is 4.91. The summed E-state index contributed by atoms with van der Waals surface area (Å²) in [5, 5.41) is 0. The molecule has 0 aliphatic rings. The highest BCUT2D eigenvalue weighted by molar-refractivity contribution is 5.90. The summed E-state index contributed by atoms with van der Waals surface area (Å²) in [4.78, 5) is 15.1. The number of aryl methyl sites for hydroxylation is 1. The molecule has 98 valence electrons. The summed E-state index contributed by atoms with van der Waals surface area (Å²) < 4.78 is 35.1. The van der Waals surface area contributed by atoms with Crippen molar-refractivity contribution < 1.29 is 22.8 Å². The van der Waals surface area contributed by atoms with Gasteiger partial charge in [-0.25, -0.2) is 5.48 Å². The highest BCUT2D eigenvalue weighted by atomic mass is 19.4. The Bertz CT molecular complexity index is 424. The zero-order valence-electron chi connectivity index (χ0n) is 9.62. The minimum atomic E-state index is -4.46. The van der Waals surface area contributed by atoms with Gasteiger partial charge in [-0.2, -0.15) is 13.2 Å². The molecule has 1 amide bonds. The van der Waals surface area contributed by atoms with Gasteiger partial charge in [0.25, 0.3) is 5.91 Å². The molecule has 0 aromatic heterocycles. The molecule has 6 heteroatoms. The SMILES string of the molecule is Cc1ccc(/C=C/C(=O)NOCC(F)(F)F)cc1. The highest BCUT2D eigenvalue weighted by Crippen LogP contribution is 2.13. The van der Waals surface area contributed by atoms with E-state index in [1.807, 2.05) is 19.1 Å². The minimum Gasteiger partial charge on any atom is -0.268 e. The number of halogens is 3. The molecule has 0 aliphatic heterocycles. The molecule has 0 saturated carbocycles. The van der Waals surface area contributed by atoms with Crippen molar-refractivity contribution in [1.29, 1.82) is 0 Å². The molecule has 0 saturated heterocycles. The topological polar surface area (TPSA) is 38.3 Å². The predicted octanol–water partition coefficient (Wildman–Crippen LogP) is 2.62. The van der Waals surface area contributed by atoms with E-state index in [0.717, 1.165) is 17.2 Å². The van der Waals surface area contributed by atoms with Crippen LogP contribution in [0.15, 0.2) is 30.3 Å². The summed E-state index contributed by atoms with van der Waals surface area (Å²) in [5.41, 5.74) is 3.52. The van der Waals surface area contributed by atoms with Crippen molar-refractivity contribution in [3.8, 4) is 0 Å². The van der Waals surface area contributed by atoms with E-state index >= 15 is 0 Å². The molecule has 0 fully saturated rings. The van der Waals surface area contributed by atoms with Gasteiger partial charge in [-0.15, -0.1) is 0 Å². The fourth-order valence-corrected chi connectivity index (χ4v) is 1.07. The van der Waals surface area contributed by atoms with Crippen LogP contribution in [0.4, 0.5) is 13.2 Å². The zero-order chi connectivity index (χ0) is 13.6. The second-order valence-electron chi connectivity index (χ2n) is 3.61. The average Bonchev–Trinajstić information content (AvgIpc) is 2.26. The van der Waals surface area contributed by atoms with Crippen LogP contribution in [-0.4, -0.2) is 18.7 Å². The number of benzene rings is 1. The summed E-state index contributed by atoms with van der Waals surface area (Å²) in [6.45, 7) is 0.405. The van der Waals surface area contributed by atoms with Gasteiger partial charge in [-0.3, -0.25) is 9.63 Å². The van der Waals surface area contributed by atoms with Gasteiger partial charge in [-0.1, -0.05) is 29.8 Å². The summed E-state index contributed by atoms with van der Waals surface area (Å²) in [7, 11) is 0. The van der Waals surface area contributed by atoms with Crippen molar-refractivity contribution in [2.75, 3.05) is 6.61 Å². The van der Waals surface area contributed by atoms with E-state index in [-0.39, 0.29) is 0 Å². The van der Waals surface area contributed by atoms with Crippen molar-refractivity contribution in [1.82, 2.24) is 5.48 Å². The molecule has 0 spiro atoms. The quantitative estimate of drug-likeness (QED) is 0.666. The number of amides is 1.